The lowest BCUT2D eigenvalue weighted by atomic mass is 10.2. The first-order chi connectivity index (χ1) is 11.5. The number of aromatic nitrogens is 1. The van der Waals surface area contributed by atoms with Gasteiger partial charge in [0.1, 0.15) is 17.2 Å². The molecule has 1 amide bonds. The lowest BCUT2D eigenvalue weighted by Crippen LogP contribution is -2.38. The summed E-state index contributed by atoms with van der Waals surface area (Å²) in [6.07, 6.45) is 1.39. The van der Waals surface area contributed by atoms with Crippen LogP contribution in [0, 0.1) is 0 Å². The van der Waals surface area contributed by atoms with Crippen molar-refractivity contribution in [1.29, 1.82) is 0 Å². The summed E-state index contributed by atoms with van der Waals surface area (Å²) in [6, 6.07) is 12.3. The molecule has 0 unspecified atom stereocenters. The van der Waals surface area contributed by atoms with Crippen LogP contribution in [0.4, 0.5) is 0 Å². The normalized spacial score (nSPS) is 10.5. The monoisotopic (exact) mass is 328 g/mol. The molecule has 6 nitrogen and oxygen atoms in total. The fourth-order valence-corrected chi connectivity index (χ4v) is 2.17. The smallest absolute Gasteiger partial charge is 0.305 e. The van der Waals surface area contributed by atoms with Crippen LogP contribution in [0.15, 0.2) is 48.7 Å². The van der Waals surface area contributed by atoms with Crippen molar-refractivity contribution < 1.29 is 19.4 Å². The molecule has 0 radical (unpaired) electrons. The molecule has 6 heteroatoms. The molecule has 1 heterocycles. The summed E-state index contributed by atoms with van der Waals surface area (Å²) < 4.78 is 5.70. The number of carboxylic acids is 1. The summed E-state index contributed by atoms with van der Waals surface area (Å²) in [6.45, 7) is 3.81. The maximum Gasteiger partial charge on any atom is 0.305 e. The molecule has 126 valence electrons. The van der Waals surface area contributed by atoms with Crippen molar-refractivity contribution in [2.45, 2.75) is 26.3 Å². The fraction of sp³-hybridized carbons (Fsp3) is 0.278. The van der Waals surface area contributed by atoms with E-state index in [1.807, 2.05) is 44.2 Å². The molecule has 0 aliphatic rings. The topological polar surface area (TPSA) is 79.7 Å². The predicted molar refractivity (Wildman–Crippen MR) is 89.2 cm³/mol. The molecule has 2 rings (SSSR count). The Balaban J connectivity index is 2.16. The lowest BCUT2D eigenvalue weighted by molar-refractivity contribution is -0.137. The molecule has 24 heavy (non-hydrogen) atoms. The van der Waals surface area contributed by atoms with Crippen LogP contribution in [0.2, 0.25) is 0 Å². The molecule has 1 aromatic carbocycles. The predicted octanol–water partition coefficient (Wildman–Crippen LogP) is 3.20. The molecule has 0 spiro atoms. The molecular formula is C18H20N2O4. The number of ether oxygens (including phenoxy) is 1. The maximum atomic E-state index is 12.6. The lowest BCUT2D eigenvalue weighted by Gasteiger charge is -2.25. The molecule has 2 aromatic rings. The van der Waals surface area contributed by atoms with E-state index in [2.05, 4.69) is 4.98 Å². The highest BCUT2D eigenvalue weighted by Crippen LogP contribution is 2.21. The second-order valence-corrected chi connectivity index (χ2v) is 5.53. The third-order valence-corrected chi connectivity index (χ3v) is 3.38. The highest BCUT2D eigenvalue weighted by Gasteiger charge is 2.21. The number of hydrogen-bond acceptors (Lipinski definition) is 4. The molecule has 0 aliphatic heterocycles. The van der Waals surface area contributed by atoms with E-state index in [1.54, 1.807) is 12.1 Å². The summed E-state index contributed by atoms with van der Waals surface area (Å²) in [5.74, 6) is -0.0949. The zero-order valence-electron chi connectivity index (χ0n) is 13.7. The maximum absolute atomic E-state index is 12.6. The molecular weight excluding hydrogens is 308 g/mol. The van der Waals surface area contributed by atoms with Crippen molar-refractivity contribution >= 4 is 11.9 Å². The van der Waals surface area contributed by atoms with Crippen LogP contribution in [0.5, 0.6) is 11.5 Å². The van der Waals surface area contributed by atoms with Crippen LogP contribution in [-0.4, -0.2) is 39.5 Å². The summed E-state index contributed by atoms with van der Waals surface area (Å²) in [7, 11) is 0. The first kappa shape index (κ1) is 17.5. The number of para-hydroxylation sites is 1. The van der Waals surface area contributed by atoms with Gasteiger partial charge >= 0.3 is 5.97 Å². The van der Waals surface area contributed by atoms with Gasteiger partial charge < -0.3 is 14.7 Å². The first-order valence-electron chi connectivity index (χ1n) is 7.69. The number of carboxylic acid groups (broad SMARTS) is 1. The molecule has 0 saturated heterocycles. The Morgan fingerprint density at radius 2 is 1.88 bits per heavy atom. The van der Waals surface area contributed by atoms with Crippen molar-refractivity contribution in [3.63, 3.8) is 0 Å². The van der Waals surface area contributed by atoms with Gasteiger partial charge in [0, 0.05) is 24.8 Å². The quantitative estimate of drug-likeness (QED) is 0.844. The van der Waals surface area contributed by atoms with Crippen LogP contribution in [-0.2, 0) is 4.79 Å². The summed E-state index contributed by atoms with van der Waals surface area (Å²) >= 11 is 0. The van der Waals surface area contributed by atoms with Gasteiger partial charge in [-0.2, -0.15) is 0 Å². The van der Waals surface area contributed by atoms with Crippen LogP contribution in [0.25, 0.3) is 0 Å². The third-order valence-electron chi connectivity index (χ3n) is 3.38. The first-order valence-corrected chi connectivity index (χ1v) is 7.69. The van der Waals surface area contributed by atoms with Crippen LogP contribution in [0.1, 0.15) is 30.8 Å². The number of hydrogen-bond donors (Lipinski definition) is 1. The Kier molecular flexibility index (Phi) is 5.89. The van der Waals surface area contributed by atoms with Gasteiger partial charge in [-0.15, -0.1) is 0 Å². The fourth-order valence-electron chi connectivity index (χ4n) is 2.17. The van der Waals surface area contributed by atoms with Crippen LogP contribution >= 0.6 is 0 Å². The second kappa shape index (κ2) is 8.10. The van der Waals surface area contributed by atoms with Gasteiger partial charge in [0.2, 0.25) is 0 Å². The van der Waals surface area contributed by atoms with Crippen molar-refractivity contribution in [2.75, 3.05) is 6.54 Å². The van der Waals surface area contributed by atoms with E-state index < -0.39 is 5.97 Å². The number of carbonyl (C=O) groups is 2. The number of carbonyl (C=O) groups excluding carboxylic acids is 1. The Labute approximate surface area is 140 Å². The minimum Gasteiger partial charge on any atom is -0.481 e. The molecule has 0 aliphatic carbocycles. The van der Waals surface area contributed by atoms with Gasteiger partial charge in [-0.3, -0.25) is 14.6 Å². The minimum atomic E-state index is -0.942. The molecule has 0 bridgehead atoms. The van der Waals surface area contributed by atoms with Gasteiger partial charge in [-0.1, -0.05) is 18.2 Å². The van der Waals surface area contributed by atoms with Crippen molar-refractivity contribution in [3.8, 4) is 11.5 Å². The Morgan fingerprint density at radius 3 is 2.50 bits per heavy atom. The number of benzene rings is 1. The summed E-state index contributed by atoms with van der Waals surface area (Å²) in [5, 5.41) is 8.83. The SMILES string of the molecule is CC(C)N(CCC(=O)O)C(=O)c1cc(Oc2ccccc2)ccn1. The van der Waals surface area contributed by atoms with E-state index in [4.69, 9.17) is 9.84 Å². The molecule has 0 atom stereocenters. The Bertz CT molecular complexity index is 701. The number of nitrogens with zero attached hydrogens (tertiary/aromatic N) is 2. The number of rotatable bonds is 7. The van der Waals surface area contributed by atoms with E-state index >= 15 is 0 Å². The van der Waals surface area contributed by atoms with Gasteiger partial charge in [-0.05, 0) is 32.0 Å². The van der Waals surface area contributed by atoms with Crippen molar-refractivity contribution in [1.82, 2.24) is 9.88 Å². The Morgan fingerprint density at radius 1 is 1.17 bits per heavy atom. The van der Waals surface area contributed by atoms with E-state index in [1.165, 1.54) is 11.1 Å². The Hall–Kier alpha value is -2.89. The number of amides is 1. The van der Waals surface area contributed by atoms with Crippen LogP contribution in [0.3, 0.4) is 0 Å². The molecule has 1 N–H and O–H groups in total. The van der Waals surface area contributed by atoms with Gasteiger partial charge in [0.05, 0.1) is 6.42 Å². The second-order valence-electron chi connectivity index (χ2n) is 5.53. The molecule has 1 aromatic heterocycles. The zero-order chi connectivity index (χ0) is 17.5. The van der Waals surface area contributed by atoms with Gasteiger partial charge in [-0.25, -0.2) is 0 Å². The van der Waals surface area contributed by atoms with Crippen molar-refractivity contribution in [3.05, 3.63) is 54.4 Å². The average Bonchev–Trinajstić information content (AvgIpc) is 2.55. The third kappa shape index (κ3) is 4.81. The summed E-state index contributed by atoms with van der Waals surface area (Å²) in [5.41, 5.74) is 0.225. The standard InChI is InChI=1S/C18H20N2O4/c1-13(2)20(11-9-17(21)22)18(23)16-12-15(8-10-19-16)24-14-6-4-3-5-7-14/h3-8,10,12-13H,9,11H2,1-2H3,(H,21,22). The van der Waals surface area contributed by atoms with E-state index in [-0.39, 0.29) is 30.6 Å². The highest BCUT2D eigenvalue weighted by atomic mass is 16.5. The highest BCUT2D eigenvalue weighted by molar-refractivity contribution is 5.93. The van der Waals surface area contributed by atoms with Crippen LogP contribution < -0.4 is 4.74 Å². The zero-order valence-corrected chi connectivity index (χ0v) is 13.7. The van der Waals surface area contributed by atoms with E-state index in [9.17, 15) is 9.59 Å². The average molecular weight is 328 g/mol. The molecule has 0 saturated carbocycles. The van der Waals surface area contributed by atoms with E-state index in [0.717, 1.165) is 0 Å². The largest absolute Gasteiger partial charge is 0.481 e. The number of aliphatic carboxylic acids is 1. The molecule has 0 fully saturated rings. The van der Waals surface area contributed by atoms with E-state index in [0.29, 0.717) is 11.5 Å². The number of pyridine rings is 1. The van der Waals surface area contributed by atoms with Gasteiger partial charge in [0.15, 0.2) is 0 Å². The minimum absolute atomic E-state index is 0.107. The summed E-state index contributed by atoms with van der Waals surface area (Å²) in [4.78, 5) is 29.0. The van der Waals surface area contributed by atoms with Gasteiger partial charge in [0.25, 0.3) is 5.91 Å². The van der Waals surface area contributed by atoms with Crippen molar-refractivity contribution in [2.24, 2.45) is 0 Å².